The molecule has 9 heteroatoms. The Hall–Kier alpha value is -1.42. The van der Waals surface area contributed by atoms with Gasteiger partial charge in [-0.1, -0.05) is 0 Å². The standard InChI is InChI=1S/C19H37N5O4/c1-20-19(22-6-3-12-28-17-4-13-27-14-5-17)24-10-8-23(9-11-24)16-18(25)21-7-15-26-2/h17H,3-16H2,1-2H3,(H,20,22)(H,21,25). The molecule has 2 aliphatic rings. The van der Waals surface area contributed by atoms with Gasteiger partial charge in [0.05, 0.1) is 19.3 Å². The smallest absolute Gasteiger partial charge is 0.234 e. The molecule has 1 amide bonds. The van der Waals surface area contributed by atoms with Gasteiger partial charge in [0, 0.05) is 73.2 Å². The number of piperazine rings is 1. The molecular weight excluding hydrogens is 362 g/mol. The molecule has 2 aliphatic heterocycles. The highest BCUT2D eigenvalue weighted by Crippen LogP contribution is 2.10. The van der Waals surface area contributed by atoms with Gasteiger partial charge in [-0.2, -0.15) is 0 Å². The first-order valence-corrected chi connectivity index (χ1v) is 10.4. The lowest BCUT2D eigenvalue weighted by Gasteiger charge is -2.36. The summed E-state index contributed by atoms with van der Waals surface area (Å²) in [5, 5.41) is 6.29. The molecule has 162 valence electrons. The minimum Gasteiger partial charge on any atom is -0.383 e. The van der Waals surface area contributed by atoms with Crippen molar-refractivity contribution in [3.8, 4) is 0 Å². The Morgan fingerprint density at radius 3 is 2.54 bits per heavy atom. The number of rotatable bonds is 10. The van der Waals surface area contributed by atoms with E-state index in [1.807, 2.05) is 7.05 Å². The van der Waals surface area contributed by atoms with Crippen molar-refractivity contribution in [2.75, 3.05) is 86.4 Å². The molecule has 0 saturated carbocycles. The molecule has 0 aliphatic carbocycles. The minimum atomic E-state index is 0.0533. The van der Waals surface area contributed by atoms with Crippen LogP contribution in [0.25, 0.3) is 0 Å². The van der Waals surface area contributed by atoms with Gasteiger partial charge in [0.25, 0.3) is 0 Å². The lowest BCUT2D eigenvalue weighted by atomic mass is 10.1. The van der Waals surface area contributed by atoms with E-state index in [4.69, 9.17) is 14.2 Å². The fraction of sp³-hybridized carbons (Fsp3) is 0.895. The van der Waals surface area contributed by atoms with E-state index in [1.165, 1.54) is 0 Å². The van der Waals surface area contributed by atoms with Crippen molar-refractivity contribution in [1.29, 1.82) is 0 Å². The fourth-order valence-corrected chi connectivity index (χ4v) is 3.37. The van der Waals surface area contributed by atoms with Crippen LogP contribution in [0.5, 0.6) is 0 Å². The summed E-state index contributed by atoms with van der Waals surface area (Å²) in [6.07, 6.45) is 3.32. The highest BCUT2D eigenvalue weighted by molar-refractivity contribution is 5.80. The van der Waals surface area contributed by atoms with E-state index in [1.54, 1.807) is 7.11 Å². The van der Waals surface area contributed by atoms with E-state index < -0.39 is 0 Å². The Labute approximate surface area is 168 Å². The molecule has 0 aromatic carbocycles. The molecule has 0 unspecified atom stereocenters. The summed E-state index contributed by atoms with van der Waals surface area (Å²) in [6.45, 7) is 8.22. The van der Waals surface area contributed by atoms with Crippen molar-refractivity contribution in [3.63, 3.8) is 0 Å². The van der Waals surface area contributed by atoms with Crippen LogP contribution >= 0.6 is 0 Å². The molecule has 2 N–H and O–H groups in total. The summed E-state index contributed by atoms with van der Waals surface area (Å²) in [5.74, 6) is 0.979. The molecule has 0 radical (unpaired) electrons. The van der Waals surface area contributed by atoms with Gasteiger partial charge in [0.15, 0.2) is 5.96 Å². The maximum atomic E-state index is 11.9. The van der Waals surface area contributed by atoms with Crippen LogP contribution in [-0.4, -0.2) is 114 Å². The molecule has 2 rings (SSSR count). The minimum absolute atomic E-state index is 0.0533. The van der Waals surface area contributed by atoms with E-state index in [0.29, 0.717) is 25.8 Å². The van der Waals surface area contributed by atoms with Gasteiger partial charge >= 0.3 is 0 Å². The van der Waals surface area contributed by atoms with E-state index >= 15 is 0 Å². The molecule has 0 bridgehead atoms. The first kappa shape index (κ1) is 22.9. The molecule has 2 saturated heterocycles. The predicted molar refractivity (Wildman–Crippen MR) is 109 cm³/mol. The van der Waals surface area contributed by atoms with Crippen LogP contribution < -0.4 is 10.6 Å². The number of hydrogen-bond acceptors (Lipinski definition) is 6. The summed E-state index contributed by atoms with van der Waals surface area (Å²) >= 11 is 0. The lowest BCUT2D eigenvalue weighted by Crippen LogP contribution is -2.54. The highest BCUT2D eigenvalue weighted by atomic mass is 16.5. The molecule has 9 nitrogen and oxygen atoms in total. The summed E-state index contributed by atoms with van der Waals surface area (Å²) in [7, 11) is 3.45. The number of methoxy groups -OCH3 is 1. The Bertz CT molecular complexity index is 463. The van der Waals surface area contributed by atoms with Gasteiger partial charge < -0.3 is 29.7 Å². The van der Waals surface area contributed by atoms with Gasteiger partial charge in [0.2, 0.25) is 5.91 Å². The maximum absolute atomic E-state index is 11.9. The average molecular weight is 400 g/mol. The van der Waals surface area contributed by atoms with E-state index in [0.717, 1.165) is 77.8 Å². The van der Waals surface area contributed by atoms with Crippen molar-refractivity contribution in [2.45, 2.75) is 25.4 Å². The van der Waals surface area contributed by atoms with E-state index in [2.05, 4.69) is 25.4 Å². The van der Waals surface area contributed by atoms with E-state index in [9.17, 15) is 4.79 Å². The Balaban J connectivity index is 1.56. The van der Waals surface area contributed by atoms with Crippen molar-refractivity contribution in [1.82, 2.24) is 20.4 Å². The third-order valence-corrected chi connectivity index (χ3v) is 5.01. The predicted octanol–water partition coefficient (Wildman–Crippen LogP) is -0.472. The SMILES string of the molecule is CN=C(NCCCOC1CCOCC1)N1CCN(CC(=O)NCCOC)CC1. The van der Waals surface area contributed by atoms with Crippen molar-refractivity contribution >= 4 is 11.9 Å². The van der Waals surface area contributed by atoms with Crippen LogP contribution in [0, 0.1) is 0 Å². The van der Waals surface area contributed by atoms with Crippen molar-refractivity contribution in [2.24, 2.45) is 4.99 Å². The molecule has 0 atom stereocenters. The quantitative estimate of drug-likeness (QED) is 0.292. The van der Waals surface area contributed by atoms with Crippen molar-refractivity contribution in [3.05, 3.63) is 0 Å². The number of hydrogen-bond donors (Lipinski definition) is 2. The number of carbonyl (C=O) groups is 1. The molecule has 0 spiro atoms. The van der Waals surface area contributed by atoms with Crippen LogP contribution in [0.1, 0.15) is 19.3 Å². The molecule has 0 aromatic rings. The number of aliphatic imine (C=N–C) groups is 1. The second-order valence-electron chi connectivity index (χ2n) is 7.12. The zero-order chi connectivity index (χ0) is 20.0. The zero-order valence-electron chi connectivity index (χ0n) is 17.5. The van der Waals surface area contributed by atoms with Gasteiger partial charge in [0.1, 0.15) is 0 Å². The van der Waals surface area contributed by atoms with E-state index in [-0.39, 0.29) is 5.91 Å². The molecule has 2 fully saturated rings. The summed E-state index contributed by atoms with van der Waals surface area (Å²) in [5.41, 5.74) is 0. The number of carbonyl (C=O) groups excluding carboxylic acids is 1. The largest absolute Gasteiger partial charge is 0.383 e. The summed E-state index contributed by atoms with van der Waals surface area (Å²) in [4.78, 5) is 20.7. The highest BCUT2D eigenvalue weighted by Gasteiger charge is 2.21. The van der Waals surface area contributed by atoms with Crippen LogP contribution in [0.3, 0.4) is 0 Å². The maximum Gasteiger partial charge on any atom is 0.234 e. The first-order valence-electron chi connectivity index (χ1n) is 10.4. The van der Waals surface area contributed by atoms with Crippen LogP contribution in [0.2, 0.25) is 0 Å². The molecule has 28 heavy (non-hydrogen) atoms. The first-order chi connectivity index (χ1) is 13.7. The zero-order valence-corrected chi connectivity index (χ0v) is 17.5. The van der Waals surface area contributed by atoms with Crippen LogP contribution in [-0.2, 0) is 19.0 Å². The van der Waals surface area contributed by atoms with Gasteiger partial charge in [-0.05, 0) is 19.3 Å². The van der Waals surface area contributed by atoms with Crippen LogP contribution in [0.4, 0.5) is 0 Å². The second kappa shape index (κ2) is 13.7. The Morgan fingerprint density at radius 1 is 1.11 bits per heavy atom. The number of nitrogens with one attached hydrogen (secondary N) is 2. The average Bonchev–Trinajstić information content (AvgIpc) is 2.72. The van der Waals surface area contributed by atoms with Crippen molar-refractivity contribution < 1.29 is 19.0 Å². The van der Waals surface area contributed by atoms with Gasteiger partial charge in [-0.15, -0.1) is 0 Å². The number of nitrogens with zero attached hydrogens (tertiary/aromatic N) is 3. The molecular formula is C19H37N5O4. The lowest BCUT2D eigenvalue weighted by molar-refractivity contribution is -0.122. The topological polar surface area (TPSA) is 87.7 Å². The third-order valence-electron chi connectivity index (χ3n) is 5.01. The summed E-state index contributed by atoms with van der Waals surface area (Å²) < 4.78 is 16.2. The Kier molecular flexibility index (Phi) is 11.2. The number of ether oxygens (including phenoxy) is 3. The number of guanidine groups is 1. The monoisotopic (exact) mass is 399 g/mol. The molecule has 0 aromatic heterocycles. The normalized spacial score (nSPS) is 19.6. The third kappa shape index (κ3) is 8.72. The summed E-state index contributed by atoms with van der Waals surface area (Å²) in [6, 6.07) is 0. The van der Waals surface area contributed by atoms with Crippen LogP contribution in [0.15, 0.2) is 4.99 Å². The van der Waals surface area contributed by atoms with Gasteiger partial charge in [-0.3, -0.25) is 14.7 Å². The fourth-order valence-electron chi connectivity index (χ4n) is 3.37. The van der Waals surface area contributed by atoms with Gasteiger partial charge in [-0.25, -0.2) is 0 Å². The number of amides is 1. The second-order valence-corrected chi connectivity index (χ2v) is 7.12. The molecule has 2 heterocycles. The Morgan fingerprint density at radius 2 is 1.86 bits per heavy atom.